The number of thiazole rings is 1. The van der Waals surface area contributed by atoms with E-state index in [0.717, 1.165) is 16.4 Å². The number of benzene rings is 1. The van der Waals surface area contributed by atoms with Gasteiger partial charge in [-0.15, -0.1) is 11.3 Å². The molecule has 0 unspecified atom stereocenters. The summed E-state index contributed by atoms with van der Waals surface area (Å²) in [5, 5.41) is 9.59. The maximum atomic E-state index is 5.33. The van der Waals surface area contributed by atoms with Crippen molar-refractivity contribution in [3.8, 4) is 11.5 Å². The minimum Gasteiger partial charge on any atom is -0.493 e. The molecule has 2 rings (SSSR count). The van der Waals surface area contributed by atoms with Gasteiger partial charge < -0.3 is 25.0 Å². The number of methoxy groups -OCH3 is 2. The van der Waals surface area contributed by atoms with Crippen LogP contribution in [-0.4, -0.2) is 46.3 Å². The van der Waals surface area contributed by atoms with Crippen LogP contribution in [0.25, 0.3) is 0 Å². The van der Waals surface area contributed by atoms with Gasteiger partial charge in [-0.2, -0.15) is 0 Å². The topological polar surface area (TPSA) is 71.0 Å². The maximum absolute atomic E-state index is 5.33. The molecule has 136 valence electrons. The highest BCUT2D eigenvalue weighted by Gasteiger charge is 2.07. The molecule has 0 saturated carbocycles. The van der Waals surface area contributed by atoms with Crippen LogP contribution in [-0.2, 0) is 13.1 Å². The maximum Gasteiger partial charge on any atom is 0.191 e. The zero-order valence-electron chi connectivity index (χ0n) is 15.3. The van der Waals surface area contributed by atoms with Crippen molar-refractivity contribution in [1.29, 1.82) is 0 Å². The highest BCUT2D eigenvalue weighted by Crippen LogP contribution is 2.27. The first-order valence-electron chi connectivity index (χ1n) is 7.84. The molecule has 8 heteroatoms. The van der Waals surface area contributed by atoms with Crippen LogP contribution in [0.15, 0.2) is 28.6 Å². The van der Waals surface area contributed by atoms with E-state index >= 15 is 0 Å². The van der Waals surface area contributed by atoms with Gasteiger partial charge in [0.15, 0.2) is 22.6 Å². The summed E-state index contributed by atoms with van der Waals surface area (Å²) in [4.78, 5) is 10.8. The fourth-order valence-corrected chi connectivity index (χ4v) is 2.91. The van der Waals surface area contributed by atoms with Crippen LogP contribution in [0.4, 0.5) is 5.13 Å². The van der Waals surface area contributed by atoms with Gasteiger partial charge in [0.25, 0.3) is 0 Å². The van der Waals surface area contributed by atoms with Gasteiger partial charge in [0.05, 0.1) is 26.5 Å². The quantitative estimate of drug-likeness (QED) is 0.580. The predicted molar refractivity (Wildman–Crippen MR) is 103 cm³/mol. The third kappa shape index (κ3) is 5.25. The molecule has 1 aromatic carbocycles. The van der Waals surface area contributed by atoms with Gasteiger partial charge in [-0.3, -0.25) is 4.99 Å². The molecule has 0 amide bonds. The lowest BCUT2D eigenvalue weighted by molar-refractivity contribution is 0.354. The molecule has 0 bridgehead atoms. The van der Waals surface area contributed by atoms with Crippen molar-refractivity contribution in [1.82, 2.24) is 15.6 Å². The number of hydrogen-bond acceptors (Lipinski definition) is 6. The summed E-state index contributed by atoms with van der Waals surface area (Å²) in [6.45, 7) is 1.25. The van der Waals surface area contributed by atoms with E-state index in [-0.39, 0.29) is 0 Å². The zero-order valence-corrected chi connectivity index (χ0v) is 16.1. The smallest absolute Gasteiger partial charge is 0.191 e. The molecule has 2 aromatic rings. The second kappa shape index (κ2) is 9.12. The Morgan fingerprint density at radius 1 is 1.16 bits per heavy atom. The van der Waals surface area contributed by atoms with Gasteiger partial charge >= 0.3 is 0 Å². The number of hydrogen-bond donors (Lipinski definition) is 2. The van der Waals surface area contributed by atoms with Crippen molar-refractivity contribution in [2.24, 2.45) is 4.99 Å². The van der Waals surface area contributed by atoms with Crippen molar-refractivity contribution < 1.29 is 9.47 Å². The van der Waals surface area contributed by atoms with Gasteiger partial charge in [0.1, 0.15) is 0 Å². The van der Waals surface area contributed by atoms with Crippen LogP contribution in [0.5, 0.6) is 11.5 Å². The molecule has 0 aliphatic heterocycles. The summed E-state index contributed by atoms with van der Waals surface area (Å²) >= 11 is 1.62. The Kier molecular flexibility index (Phi) is 6.88. The van der Waals surface area contributed by atoms with Gasteiger partial charge in [-0.05, 0) is 17.7 Å². The van der Waals surface area contributed by atoms with Gasteiger partial charge in [-0.1, -0.05) is 6.07 Å². The molecular weight excluding hydrogens is 338 g/mol. The first kappa shape index (κ1) is 18.9. The zero-order chi connectivity index (χ0) is 18.2. The Labute approximate surface area is 152 Å². The normalized spacial score (nSPS) is 11.2. The van der Waals surface area contributed by atoms with Crippen LogP contribution in [0.2, 0.25) is 0 Å². The highest BCUT2D eigenvalue weighted by molar-refractivity contribution is 7.13. The molecule has 0 fully saturated rings. The first-order valence-corrected chi connectivity index (χ1v) is 8.72. The number of guanidine groups is 1. The van der Waals surface area contributed by atoms with E-state index in [0.29, 0.717) is 30.5 Å². The minimum absolute atomic E-state index is 0.621. The van der Waals surface area contributed by atoms with Gasteiger partial charge in [-0.25, -0.2) is 4.98 Å². The van der Waals surface area contributed by atoms with E-state index in [4.69, 9.17) is 9.47 Å². The number of nitrogens with zero attached hydrogens (tertiary/aromatic N) is 3. The SMILES string of the molecule is CN=C(NCc1ccc(OC)c(OC)c1)NCc1csc(N(C)C)n1. The van der Waals surface area contributed by atoms with E-state index in [2.05, 4.69) is 20.6 Å². The van der Waals surface area contributed by atoms with E-state index in [1.807, 2.05) is 42.6 Å². The highest BCUT2D eigenvalue weighted by atomic mass is 32.1. The lowest BCUT2D eigenvalue weighted by atomic mass is 10.2. The van der Waals surface area contributed by atoms with Crippen LogP contribution in [0, 0.1) is 0 Å². The number of rotatable bonds is 7. The van der Waals surface area contributed by atoms with Gasteiger partial charge in [0, 0.05) is 33.1 Å². The van der Waals surface area contributed by atoms with Crippen molar-refractivity contribution in [3.05, 3.63) is 34.8 Å². The van der Waals surface area contributed by atoms with Crippen molar-refractivity contribution in [2.75, 3.05) is 40.3 Å². The number of nitrogens with one attached hydrogen (secondary N) is 2. The van der Waals surface area contributed by atoms with E-state index in [9.17, 15) is 0 Å². The summed E-state index contributed by atoms with van der Waals surface area (Å²) in [5.74, 6) is 2.15. The number of aliphatic imine (C=N–C) groups is 1. The van der Waals surface area contributed by atoms with Gasteiger partial charge in [0.2, 0.25) is 0 Å². The Hall–Kier alpha value is -2.48. The third-order valence-corrected chi connectivity index (χ3v) is 4.55. The molecule has 0 spiro atoms. The van der Waals surface area contributed by atoms with Crippen molar-refractivity contribution >= 4 is 22.4 Å². The second-order valence-electron chi connectivity index (χ2n) is 5.48. The molecule has 1 heterocycles. The molecule has 0 radical (unpaired) electrons. The summed E-state index contributed by atoms with van der Waals surface area (Å²) in [6.07, 6.45) is 0. The molecular formula is C17H25N5O2S. The Morgan fingerprint density at radius 3 is 2.48 bits per heavy atom. The summed E-state index contributed by atoms with van der Waals surface area (Å²) in [5.41, 5.74) is 2.06. The molecule has 1 aromatic heterocycles. The minimum atomic E-state index is 0.621. The average Bonchev–Trinajstić information content (AvgIpc) is 3.11. The lowest BCUT2D eigenvalue weighted by Gasteiger charge is -2.13. The standard InChI is InChI=1S/C17H25N5O2S/c1-18-16(20-10-13-11-25-17(21-13)22(2)3)19-9-12-6-7-14(23-4)15(8-12)24-5/h6-8,11H,9-10H2,1-5H3,(H2,18,19,20). The monoisotopic (exact) mass is 363 g/mol. The molecule has 0 aliphatic carbocycles. The predicted octanol–water partition coefficient (Wildman–Crippen LogP) is 2.09. The van der Waals surface area contributed by atoms with E-state index < -0.39 is 0 Å². The van der Waals surface area contributed by atoms with Crippen LogP contribution in [0.1, 0.15) is 11.3 Å². The third-order valence-electron chi connectivity index (χ3n) is 3.49. The van der Waals surface area contributed by atoms with Crippen LogP contribution < -0.4 is 25.0 Å². The molecule has 0 aliphatic rings. The fourth-order valence-electron chi connectivity index (χ4n) is 2.15. The largest absolute Gasteiger partial charge is 0.493 e. The lowest BCUT2D eigenvalue weighted by Crippen LogP contribution is -2.36. The second-order valence-corrected chi connectivity index (χ2v) is 6.32. The molecule has 7 nitrogen and oxygen atoms in total. The van der Waals surface area contributed by atoms with E-state index in [1.165, 1.54) is 0 Å². The first-order chi connectivity index (χ1) is 12.1. The summed E-state index contributed by atoms with van der Waals surface area (Å²) < 4.78 is 10.6. The Balaban J connectivity index is 1.89. The van der Waals surface area contributed by atoms with Crippen LogP contribution >= 0.6 is 11.3 Å². The Morgan fingerprint density at radius 2 is 1.88 bits per heavy atom. The number of aromatic nitrogens is 1. The fraction of sp³-hybridized carbons (Fsp3) is 0.412. The van der Waals surface area contributed by atoms with Crippen molar-refractivity contribution in [2.45, 2.75) is 13.1 Å². The molecule has 0 atom stereocenters. The molecule has 0 saturated heterocycles. The number of ether oxygens (including phenoxy) is 2. The summed E-state index contributed by atoms with van der Waals surface area (Å²) in [6, 6.07) is 5.83. The van der Waals surface area contributed by atoms with Crippen molar-refractivity contribution in [3.63, 3.8) is 0 Å². The number of anilines is 1. The summed E-state index contributed by atoms with van der Waals surface area (Å²) in [7, 11) is 8.97. The molecule has 2 N–H and O–H groups in total. The average molecular weight is 363 g/mol. The van der Waals surface area contributed by atoms with E-state index in [1.54, 1.807) is 32.6 Å². The van der Waals surface area contributed by atoms with Crippen LogP contribution in [0.3, 0.4) is 0 Å². The Bertz CT molecular complexity index is 715. The molecule has 25 heavy (non-hydrogen) atoms.